The minimum atomic E-state index is -3.00. The first-order valence-electron chi connectivity index (χ1n) is 8.61. The van der Waals surface area contributed by atoms with Gasteiger partial charge < -0.3 is 14.8 Å². The van der Waals surface area contributed by atoms with Gasteiger partial charge in [-0.1, -0.05) is 17.7 Å². The van der Waals surface area contributed by atoms with E-state index in [1.165, 1.54) is 16.8 Å². The normalized spacial score (nSPS) is 10.8. The van der Waals surface area contributed by atoms with Crippen molar-refractivity contribution in [2.24, 2.45) is 0 Å². The zero-order valence-corrected chi connectivity index (χ0v) is 16.4. The quantitative estimate of drug-likeness (QED) is 0.580. The fourth-order valence-electron chi connectivity index (χ4n) is 2.53. The Hall–Kier alpha value is -3.13. The molecule has 2 aromatic carbocycles. The number of rotatable bonds is 7. The maximum Gasteiger partial charge on any atom is 0.387 e. The van der Waals surface area contributed by atoms with Gasteiger partial charge in [0, 0.05) is 11.2 Å². The highest BCUT2D eigenvalue weighted by molar-refractivity contribution is 6.31. The number of amides is 1. The number of nitrogens with zero attached hydrogens (tertiary/aromatic N) is 2. The molecule has 0 unspecified atom stereocenters. The van der Waals surface area contributed by atoms with E-state index in [1.54, 1.807) is 43.5 Å². The van der Waals surface area contributed by atoms with E-state index in [9.17, 15) is 13.6 Å². The molecular weight excluding hydrogens is 404 g/mol. The van der Waals surface area contributed by atoms with E-state index in [0.29, 0.717) is 10.8 Å². The molecule has 1 N–H and O–H groups in total. The summed E-state index contributed by atoms with van der Waals surface area (Å²) < 4.78 is 36.6. The van der Waals surface area contributed by atoms with Gasteiger partial charge in [-0.2, -0.15) is 13.9 Å². The Morgan fingerprint density at radius 1 is 1.21 bits per heavy atom. The molecular formula is C20H18ClF2N3O3. The van der Waals surface area contributed by atoms with Crippen LogP contribution in [0.25, 0.3) is 0 Å². The topological polar surface area (TPSA) is 65.4 Å². The van der Waals surface area contributed by atoms with Crippen molar-refractivity contribution < 1.29 is 23.0 Å². The van der Waals surface area contributed by atoms with Gasteiger partial charge in [0.05, 0.1) is 5.69 Å². The van der Waals surface area contributed by atoms with Gasteiger partial charge in [0.1, 0.15) is 11.5 Å². The number of hydrogen-bond acceptors (Lipinski definition) is 4. The van der Waals surface area contributed by atoms with Crippen molar-refractivity contribution in [2.75, 3.05) is 5.32 Å². The van der Waals surface area contributed by atoms with Gasteiger partial charge in [-0.05, 0) is 61.4 Å². The highest BCUT2D eigenvalue weighted by Gasteiger charge is 2.15. The molecule has 29 heavy (non-hydrogen) atoms. The van der Waals surface area contributed by atoms with Crippen LogP contribution in [0.1, 0.15) is 21.6 Å². The number of alkyl halides is 2. The number of hydrogen-bond donors (Lipinski definition) is 1. The number of ether oxygens (including phenoxy) is 2. The highest BCUT2D eigenvalue weighted by Crippen LogP contribution is 2.27. The van der Waals surface area contributed by atoms with Crippen LogP contribution in [0.2, 0.25) is 5.02 Å². The Kier molecular flexibility index (Phi) is 6.33. The third-order valence-corrected chi connectivity index (χ3v) is 4.39. The van der Waals surface area contributed by atoms with Crippen LogP contribution in [0.5, 0.6) is 11.5 Å². The molecule has 1 amide bonds. The molecule has 0 atom stereocenters. The largest absolute Gasteiger partial charge is 0.471 e. The molecule has 152 valence electrons. The van der Waals surface area contributed by atoms with Gasteiger partial charge >= 0.3 is 6.61 Å². The van der Waals surface area contributed by atoms with E-state index in [0.717, 1.165) is 11.1 Å². The number of carbonyl (C=O) groups is 1. The maximum absolute atomic E-state index is 12.6. The van der Waals surface area contributed by atoms with Crippen molar-refractivity contribution in [3.63, 3.8) is 0 Å². The average molecular weight is 422 g/mol. The van der Waals surface area contributed by atoms with E-state index in [1.807, 2.05) is 6.92 Å². The van der Waals surface area contributed by atoms with Crippen LogP contribution in [0.3, 0.4) is 0 Å². The lowest BCUT2D eigenvalue weighted by atomic mass is 10.2. The second kappa shape index (κ2) is 8.91. The molecule has 0 bridgehead atoms. The molecule has 0 aliphatic carbocycles. The van der Waals surface area contributed by atoms with Crippen LogP contribution in [0.4, 0.5) is 14.5 Å². The second-order valence-corrected chi connectivity index (χ2v) is 6.66. The van der Waals surface area contributed by atoms with Crippen LogP contribution >= 0.6 is 11.6 Å². The van der Waals surface area contributed by atoms with Crippen LogP contribution in [-0.2, 0) is 6.73 Å². The Morgan fingerprint density at radius 3 is 2.72 bits per heavy atom. The second-order valence-electron chi connectivity index (χ2n) is 6.26. The summed E-state index contributed by atoms with van der Waals surface area (Å²) in [5.41, 5.74) is 1.90. The summed E-state index contributed by atoms with van der Waals surface area (Å²) in [6, 6.07) is 11.3. The van der Waals surface area contributed by atoms with E-state index in [2.05, 4.69) is 15.2 Å². The van der Waals surface area contributed by atoms with Crippen molar-refractivity contribution in [2.45, 2.75) is 27.2 Å². The predicted molar refractivity (Wildman–Crippen MR) is 105 cm³/mol. The molecule has 3 rings (SSSR count). The highest BCUT2D eigenvalue weighted by atomic mass is 35.5. The zero-order chi connectivity index (χ0) is 21.0. The summed E-state index contributed by atoms with van der Waals surface area (Å²) in [4.78, 5) is 12.4. The SMILES string of the molecule is Cc1ccc(OC(F)F)c(NC(=O)c2ccn(COc3ccc(Cl)c(C)c3)n2)c1. The molecule has 0 saturated carbocycles. The number of nitrogens with one attached hydrogen (secondary N) is 1. The number of aryl methyl sites for hydroxylation is 2. The first-order valence-corrected chi connectivity index (χ1v) is 8.99. The van der Waals surface area contributed by atoms with Gasteiger partial charge in [-0.25, -0.2) is 4.68 Å². The summed E-state index contributed by atoms with van der Waals surface area (Å²) in [7, 11) is 0. The van der Waals surface area contributed by atoms with Crippen molar-refractivity contribution in [1.29, 1.82) is 0 Å². The lowest BCUT2D eigenvalue weighted by molar-refractivity contribution is -0.0493. The minimum absolute atomic E-state index is 0.0819. The zero-order valence-electron chi connectivity index (χ0n) is 15.7. The Morgan fingerprint density at radius 2 is 2.00 bits per heavy atom. The Balaban J connectivity index is 1.66. The number of benzene rings is 2. The summed E-state index contributed by atoms with van der Waals surface area (Å²) in [6.45, 7) is 0.717. The smallest absolute Gasteiger partial charge is 0.387 e. The lowest BCUT2D eigenvalue weighted by Gasteiger charge is -2.12. The number of aromatic nitrogens is 2. The molecule has 6 nitrogen and oxygen atoms in total. The van der Waals surface area contributed by atoms with Crippen molar-refractivity contribution in [3.05, 3.63) is 70.5 Å². The van der Waals surface area contributed by atoms with Crippen LogP contribution < -0.4 is 14.8 Å². The molecule has 0 saturated heterocycles. The van der Waals surface area contributed by atoms with Gasteiger partial charge in [0.15, 0.2) is 12.4 Å². The summed E-state index contributed by atoms with van der Waals surface area (Å²) in [6.07, 6.45) is 1.57. The number of halogens is 3. The van der Waals surface area contributed by atoms with Gasteiger partial charge in [0.25, 0.3) is 5.91 Å². The van der Waals surface area contributed by atoms with Gasteiger partial charge in [-0.15, -0.1) is 0 Å². The molecule has 0 radical (unpaired) electrons. The molecule has 3 aromatic rings. The Labute approximate surface area is 171 Å². The van der Waals surface area contributed by atoms with E-state index < -0.39 is 12.5 Å². The van der Waals surface area contributed by atoms with Crippen LogP contribution in [0, 0.1) is 13.8 Å². The minimum Gasteiger partial charge on any atom is -0.471 e. The van der Waals surface area contributed by atoms with E-state index >= 15 is 0 Å². The van der Waals surface area contributed by atoms with Crippen molar-refractivity contribution in [3.8, 4) is 11.5 Å². The lowest BCUT2D eigenvalue weighted by Crippen LogP contribution is -2.15. The monoisotopic (exact) mass is 421 g/mol. The average Bonchev–Trinajstić information content (AvgIpc) is 3.14. The van der Waals surface area contributed by atoms with Crippen LogP contribution in [0.15, 0.2) is 48.7 Å². The van der Waals surface area contributed by atoms with Gasteiger partial charge in [0.2, 0.25) is 0 Å². The van der Waals surface area contributed by atoms with Crippen molar-refractivity contribution >= 4 is 23.2 Å². The summed E-state index contributed by atoms with van der Waals surface area (Å²) >= 11 is 5.98. The fraction of sp³-hybridized carbons (Fsp3) is 0.200. The maximum atomic E-state index is 12.6. The molecule has 1 aromatic heterocycles. The third-order valence-electron chi connectivity index (χ3n) is 3.97. The predicted octanol–water partition coefficient (Wildman–Crippen LogP) is 5.04. The first kappa shape index (κ1) is 20.6. The van der Waals surface area contributed by atoms with E-state index in [-0.39, 0.29) is 23.9 Å². The van der Waals surface area contributed by atoms with Crippen molar-refractivity contribution in [1.82, 2.24) is 9.78 Å². The standard InChI is InChI=1S/C20H18ClF2N3O3/c1-12-3-6-18(29-20(22)23)17(9-12)24-19(27)16-7-8-26(25-16)11-28-14-4-5-15(21)13(2)10-14/h3-10,20H,11H2,1-2H3,(H,24,27). The third kappa shape index (κ3) is 5.45. The molecule has 0 spiro atoms. The van der Waals surface area contributed by atoms with Crippen LogP contribution in [-0.4, -0.2) is 22.3 Å². The number of carbonyl (C=O) groups excluding carboxylic acids is 1. The Bertz CT molecular complexity index is 1020. The van der Waals surface area contributed by atoms with E-state index in [4.69, 9.17) is 16.3 Å². The molecule has 9 heteroatoms. The summed E-state index contributed by atoms with van der Waals surface area (Å²) in [5, 5.41) is 7.32. The molecule has 0 aliphatic rings. The summed E-state index contributed by atoms with van der Waals surface area (Å²) in [5.74, 6) is -0.0717. The number of anilines is 1. The fourth-order valence-corrected chi connectivity index (χ4v) is 2.65. The first-order chi connectivity index (χ1) is 13.8. The van der Waals surface area contributed by atoms with Gasteiger partial charge in [-0.3, -0.25) is 4.79 Å². The molecule has 0 aliphatic heterocycles. The molecule has 1 heterocycles. The molecule has 0 fully saturated rings.